The maximum absolute atomic E-state index is 10.5. The van der Waals surface area contributed by atoms with Crippen LogP contribution in [0.2, 0.25) is 15.1 Å². The first-order valence-electron chi connectivity index (χ1n) is 2.81. The number of rotatable bonds is 1. The molecule has 2 nitrogen and oxygen atoms in total. The van der Waals surface area contributed by atoms with E-state index in [9.17, 15) is 8.42 Å². The topological polar surface area (TPSA) is 34.1 Å². The summed E-state index contributed by atoms with van der Waals surface area (Å²) >= 11 is 16.8. The number of hydrogen-bond acceptors (Lipinski definition) is 2. The molecule has 1 aromatic rings. The number of hydrogen-bond donors (Lipinski definition) is 1. The fourth-order valence-corrected chi connectivity index (χ4v) is 1.86. The van der Waals surface area contributed by atoms with Gasteiger partial charge in [0.25, 0.3) is 0 Å². The van der Waals surface area contributed by atoms with Gasteiger partial charge in [-0.1, -0.05) is 34.8 Å². The highest BCUT2D eigenvalue weighted by atomic mass is 35.5. The zero-order valence-corrected chi connectivity index (χ0v) is 8.71. The Kier molecular flexibility index (Phi) is 3.23. The van der Waals surface area contributed by atoms with Crippen molar-refractivity contribution >= 4 is 45.5 Å². The molecule has 0 aliphatic heterocycles. The fourth-order valence-electron chi connectivity index (χ4n) is 0.648. The molecule has 0 saturated heterocycles. The number of benzene rings is 1. The van der Waals surface area contributed by atoms with E-state index in [0.717, 1.165) is 0 Å². The van der Waals surface area contributed by atoms with E-state index in [1.807, 2.05) is 0 Å². The molecule has 12 heavy (non-hydrogen) atoms. The normalized spacial score (nSPS) is 10.7. The molecule has 0 spiro atoms. The van der Waals surface area contributed by atoms with E-state index in [4.69, 9.17) is 34.8 Å². The third-order valence-corrected chi connectivity index (χ3v) is 3.06. The minimum atomic E-state index is -2.67. The highest BCUT2D eigenvalue weighted by molar-refractivity contribution is 7.72. The number of thiol groups is 1. The predicted molar refractivity (Wildman–Crippen MR) is 50.1 cm³/mol. The Morgan fingerprint density at radius 3 is 1.75 bits per heavy atom. The Balaban J connectivity index is 3.40. The molecular weight excluding hydrogens is 242 g/mol. The van der Waals surface area contributed by atoms with Gasteiger partial charge in [0.1, 0.15) is 0 Å². The maximum atomic E-state index is 10.5. The van der Waals surface area contributed by atoms with Crippen LogP contribution in [0.25, 0.3) is 0 Å². The van der Waals surface area contributed by atoms with E-state index in [-0.39, 0.29) is 20.0 Å². The second kappa shape index (κ2) is 3.83. The molecule has 0 bridgehead atoms. The zero-order valence-electron chi connectivity index (χ0n) is 5.55. The molecule has 6 heteroatoms. The van der Waals surface area contributed by atoms with Gasteiger partial charge in [0.2, 0.25) is 0 Å². The molecule has 0 radical (unpaired) electrons. The van der Waals surface area contributed by atoms with Crippen LogP contribution in [0.5, 0.6) is 0 Å². The van der Waals surface area contributed by atoms with Crippen molar-refractivity contribution in [1.82, 2.24) is 0 Å². The quantitative estimate of drug-likeness (QED) is 0.610. The lowest BCUT2D eigenvalue weighted by Gasteiger charge is -1.98. The summed E-state index contributed by atoms with van der Waals surface area (Å²) in [6.45, 7) is 0. The summed E-state index contributed by atoms with van der Waals surface area (Å²) in [7, 11) is -2.67. The minimum absolute atomic E-state index is 0.0596. The lowest BCUT2D eigenvalue weighted by Crippen LogP contribution is -1.81. The predicted octanol–water partition coefficient (Wildman–Crippen LogP) is 2.62. The van der Waals surface area contributed by atoms with Crippen molar-refractivity contribution in [3.8, 4) is 0 Å². The molecule has 1 rings (SSSR count). The summed E-state index contributed by atoms with van der Waals surface area (Å²) in [4.78, 5) is 0.0596. The van der Waals surface area contributed by atoms with E-state index < -0.39 is 10.7 Å². The van der Waals surface area contributed by atoms with Crippen LogP contribution in [0.4, 0.5) is 0 Å². The Morgan fingerprint density at radius 2 is 1.42 bits per heavy atom. The van der Waals surface area contributed by atoms with E-state index in [0.29, 0.717) is 0 Å². The Labute approximate surface area is 86.0 Å². The molecule has 1 aromatic carbocycles. The summed E-state index contributed by atoms with van der Waals surface area (Å²) < 4.78 is 21.0. The molecule has 0 saturated carbocycles. The minimum Gasteiger partial charge on any atom is -0.227 e. The van der Waals surface area contributed by atoms with Crippen molar-refractivity contribution in [2.24, 2.45) is 0 Å². The fraction of sp³-hybridized carbons (Fsp3) is 0. The van der Waals surface area contributed by atoms with Crippen LogP contribution in [0.3, 0.4) is 0 Å². The van der Waals surface area contributed by atoms with Gasteiger partial charge >= 0.3 is 0 Å². The summed E-state index contributed by atoms with van der Waals surface area (Å²) in [6, 6.07) is 2.50. The Hall–Kier alpha value is 0.0400. The molecule has 0 heterocycles. The van der Waals surface area contributed by atoms with Gasteiger partial charge in [-0.25, -0.2) is 8.42 Å². The van der Waals surface area contributed by atoms with Crippen molar-refractivity contribution in [3.05, 3.63) is 27.2 Å². The summed E-state index contributed by atoms with van der Waals surface area (Å²) in [5.41, 5.74) is 0. The van der Waals surface area contributed by atoms with E-state index in [1.165, 1.54) is 12.1 Å². The molecule has 0 atom stereocenters. The van der Waals surface area contributed by atoms with Gasteiger partial charge in [0.15, 0.2) is 10.7 Å². The molecule has 66 valence electrons. The van der Waals surface area contributed by atoms with Gasteiger partial charge in [-0.3, -0.25) is 0 Å². The summed E-state index contributed by atoms with van der Waals surface area (Å²) in [5, 5.41) is 0.440. The lowest BCUT2D eigenvalue weighted by molar-refractivity contribution is 0.614. The van der Waals surface area contributed by atoms with Crippen molar-refractivity contribution in [3.63, 3.8) is 0 Å². The summed E-state index contributed by atoms with van der Waals surface area (Å²) in [6.07, 6.45) is 0. The number of halogens is 3. The second-order valence-corrected chi connectivity index (χ2v) is 4.20. The van der Waals surface area contributed by atoms with Gasteiger partial charge in [-0.15, -0.1) is 0 Å². The smallest absolute Gasteiger partial charge is 0.168 e. The van der Waals surface area contributed by atoms with Crippen molar-refractivity contribution in [2.75, 3.05) is 0 Å². The van der Waals surface area contributed by atoms with Gasteiger partial charge in [0.05, 0.1) is 20.0 Å². The van der Waals surface area contributed by atoms with Gasteiger partial charge in [-0.2, -0.15) is 0 Å². The molecule has 0 N–H and O–H groups in total. The SMILES string of the molecule is O=[SH](=O)c1cc(Cl)c(Cl)c(Cl)c1. The average molecular weight is 246 g/mol. The molecule has 0 aliphatic carbocycles. The molecule has 0 amide bonds. The van der Waals surface area contributed by atoms with Crippen LogP contribution in [0.15, 0.2) is 17.0 Å². The third-order valence-electron chi connectivity index (χ3n) is 1.18. The molecule has 0 aliphatic rings. The van der Waals surface area contributed by atoms with Crippen LogP contribution in [-0.2, 0) is 10.7 Å². The van der Waals surface area contributed by atoms with Crippen molar-refractivity contribution in [2.45, 2.75) is 4.90 Å². The Morgan fingerprint density at radius 1 is 1.00 bits per heavy atom. The van der Waals surface area contributed by atoms with Crippen LogP contribution < -0.4 is 0 Å². The lowest BCUT2D eigenvalue weighted by atomic mass is 10.4. The van der Waals surface area contributed by atoms with Crippen molar-refractivity contribution < 1.29 is 8.42 Å². The third kappa shape index (κ3) is 2.04. The largest absolute Gasteiger partial charge is 0.227 e. The first kappa shape index (κ1) is 10.1. The van der Waals surface area contributed by atoms with Gasteiger partial charge < -0.3 is 0 Å². The second-order valence-electron chi connectivity index (χ2n) is 1.98. The monoisotopic (exact) mass is 244 g/mol. The highest BCUT2D eigenvalue weighted by Gasteiger charge is 2.06. The first-order valence-corrected chi connectivity index (χ1v) is 5.12. The maximum Gasteiger partial charge on any atom is 0.168 e. The average Bonchev–Trinajstić information content (AvgIpc) is 1.99. The molecule has 0 aromatic heterocycles. The molecular formula is C6H3Cl3O2S. The van der Waals surface area contributed by atoms with E-state index >= 15 is 0 Å². The standard InChI is InChI=1S/C6H3Cl3O2S/c7-4-1-3(12(10)11)2-5(8)6(4)9/h1-2,12H. The molecule has 0 unspecified atom stereocenters. The van der Waals surface area contributed by atoms with Crippen LogP contribution >= 0.6 is 34.8 Å². The van der Waals surface area contributed by atoms with Crippen molar-refractivity contribution in [1.29, 1.82) is 0 Å². The first-order chi connectivity index (χ1) is 5.52. The van der Waals surface area contributed by atoms with Crippen LogP contribution in [-0.4, -0.2) is 8.42 Å². The Bertz CT molecular complexity index is 355. The zero-order chi connectivity index (χ0) is 9.30. The van der Waals surface area contributed by atoms with Gasteiger partial charge in [-0.05, 0) is 12.1 Å². The highest BCUT2D eigenvalue weighted by Crippen LogP contribution is 2.31. The van der Waals surface area contributed by atoms with E-state index in [1.54, 1.807) is 0 Å². The summed E-state index contributed by atoms with van der Waals surface area (Å²) in [5.74, 6) is 0. The van der Waals surface area contributed by atoms with Crippen LogP contribution in [0, 0.1) is 0 Å². The van der Waals surface area contributed by atoms with Crippen LogP contribution in [0.1, 0.15) is 0 Å². The van der Waals surface area contributed by atoms with Gasteiger partial charge in [0, 0.05) is 0 Å². The molecule has 0 fully saturated rings. The van der Waals surface area contributed by atoms with E-state index in [2.05, 4.69) is 0 Å².